The van der Waals surface area contributed by atoms with Gasteiger partial charge in [-0.05, 0) is 12.1 Å². The predicted octanol–water partition coefficient (Wildman–Crippen LogP) is 2.12. The molecule has 0 bridgehead atoms. The number of alkyl halides is 3. The Bertz CT molecular complexity index is 621. The van der Waals surface area contributed by atoms with E-state index in [0.717, 1.165) is 6.07 Å². The minimum atomic E-state index is -4.53. The molecule has 1 aromatic carbocycles. The van der Waals surface area contributed by atoms with E-state index >= 15 is 0 Å². The summed E-state index contributed by atoms with van der Waals surface area (Å²) in [6, 6.07) is 4.77. The van der Waals surface area contributed by atoms with Gasteiger partial charge in [0.25, 0.3) is 0 Å². The van der Waals surface area contributed by atoms with Crippen LogP contribution in [-0.4, -0.2) is 15.7 Å². The van der Waals surface area contributed by atoms with Crippen LogP contribution in [0.15, 0.2) is 36.7 Å². The first-order chi connectivity index (χ1) is 9.36. The molecule has 3 N–H and O–H groups in total. The van der Waals surface area contributed by atoms with Crippen LogP contribution in [-0.2, 0) is 17.5 Å². The summed E-state index contributed by atoms with van der Waals surface area (Å²) in [5.41, 5.74) is 4.61. The van der Waals surface area contributed by atoms with Crippen molar-refractivity contribution in [2.45, 2.75) is 12.7 Å². The van der Waals surface area contributed by atoms with Gasteiger partial charge < -0.3 is 11.1 Å². The molecule has 0 saturated heterocycles. The zero-order valence-electron chi connectivity index (χ0n) is 10.2. The fourth-order valence-electron chi connectivity index (χ4n) is 1.64. The molecule has 1 heterocycles. The minimum absolute atomic E-state index is 0.219. The number of hydrogen-bond acceptors (Lipinski definition) is 3. The third-order valence-electron chi connectivity index (χ3n) is 2.47. The first kappa shape index (κ1) is 13.9. The van der Waals surface area contributed by atoms with Crippen molar-refractivity contribution in [2.75, 3.05) is 11.1 Å². The van der Waals surface area contributed by atoms with Crippen LogP contribution >= 0.6 is 0 Å². The zero-order chi connectivity index (χ0) is 14.8. The molecular formula is C12H11F3N4O. The van der Waals surface area contributed by atoms with Crippen LogP contribution in [0.3, 0.4) is 0 Å². The van der Waals surface area contributed by atoms with Crippen molar-refractivity contribution < 1.29 is 18.0 Å². The zero-order valence-corrected chi connectivity index (χ0v) is 10.2. The van der Waals surface area contributed by atoms with Crippen molar-refractivity contribution in [2.24, 2.45) is 0 Å². The maximum atomic E-state index is 12.7. The number of anilines is 2. The Kier molecular flexibility index (Phi) is 3.64. The fourth-order valence-corrected chi connectivity index (χ4v) is 1.64. The number of aromatic nitrogens is 2. The Balaban J connectivity index is 2.12. The van der Waals surface area contributed by atoms with E-state index in [9.17, 15) is 18.0 Å². The van der Waals surface area contributed by atoms with E-state index in [0.29, 0.717) is 5.69 Å². The smallest absolute Gasteiger partial charge is 0.396 e. The molecule has 20 heavy (non-hydrogen) atoms. The second kappa shape index (κ2) is 5.24. The lowest BCUT2D eigenvalue weighted by atomic mass is 10.1. The van der Waals surface area contributed by atoms with Crippen LogP contribution in [0, 0.1) is 0 Å². The quantitative estimate of drug-likeness (QED) is 0.906. The van der Waals surface area contributed by atoms with Gasteiger partial charge in [0, 0.05) is 6.20 Å². The van der Waals surface area contributed by atoms with Crippen molar-refractivity contribution >= 4 is 17.3 Å². The number of nitrogens with one attached hydrogen (secondary N) is 1. The van der Waals surface area contributed by atoms with Gasteiger partial charge in [-0.15, -0.1) is 0 Å². The number of amides is 1. The molecule has 0 fully saturated rings. The average Bonchev–Trinajstić information content (AvgIpc) is 2.73. The van der Waals surface area contributed by atoms with Crippen molar-refractivity contribution in [3.8, 4) is 0 Å². The number of benzene rings is 1. The van der Waals surface area contributed by atoms with Gasteiger partial charge in [-0.3, -0.25) is 9.48 Å². The number of rotatable bonds is 3. The summed E-state index contributed by atoms with van der Waals surface area (Å²) >= 11 is 0. The minimum Gasteiger partial charge on any atom is -0.396 e. The average molecular weight is 284 g/mol. The summed E-state index contributed by atoms with van der Waals surface area (Å²) in [5, 5.41) is 5.99. The standard InChI is InChI=1S/C12H11F3N4O/c13-12(14,15)9-3-1-2-4-10(9)18-11(20)7-19-6-8(16)5-17-19/h1-6H,7,16H2,(H,18,20). The van der Waals surface area contributed by atoms with Crippen LogP contribution in [0.4, 0.5) is 24.5 Å². The van der Waals surface area contributed by atoms with Crippen LogP contribution in [0.1, 0.15) is 5.56 Å². The molecule has 0 radical (unpaired) electrons. The highest BCUT2D eigenvalue weighted by molar-refractivity contribution is 5.91. The molecule has 0 aliphatic rings. The van der Waals surface area contributed by atoms with Crippen LogP contribution in [0.25, 0.3) is 0 Å². The predicted molar refractivity (Wildman–Crippen MR) is 66.7 cm³/mol. The molecule has 2 rings (SSSR count). The topological polar surface area (TPSA) is 72.9 Å². The summed E-state index contributed by atoms with van der Waals surface area (Å²) in [7, 11) is 0. The van der Waals surface area contributed by atoms with Gasteiger partial charge >= 0.3 is 6.18 Å². The second-order valence-electron chi connectivity index (χ2n) is 4.06. The third kappa shape index (κ3) is 3.28. The van der Waals surface area contributed by atoms with Gasteiger partial charge in [-0.2, -0.15) is 18.3 Å². The number of para-hydroxylation sites is 1. The van der Waals surface area contributed by atoms with E-state index < -0.39 is 17.6 Å². The Morgan fingerprint density at radius 2 is 2.05 bits per heavy atom. The third-order valence-corrected chi connectivity index (χ3v) is 2.47. The molecule has 0 unspecified atom stereocenters. The molecule has 106 valence electrons. The summed E-state index contributed by atoms with van der Waals surface area (Å²) in [6.07, 6.45) is -1.77. The summed E-state index contributed by atoms with van der Waals surface area (Å²) in [6.45, 7) is -0.219. The lowest BCUT2D eigenvalue weighted by Crippen LogP contribution is -2.21. The largest absolute Gasteiger partial charge is 0.418 e. The SMILES string of the molecule is Nc1cnn(CC(=O)Nc2ccccc2C(F)(F)F)c1. The molecule has 5 nitrogen and oxygen atoms in total. The number of halogens is 3. The molecule has 0 spiro atoms. The van der Waals surface area contributed by atoms with Gasteiger partial charge in [-0.1, -0.05) is 12.1 Å². The van der Waals surface area contributed by atoms with E-state index in [4.69, 9.17) is 5.73 Å². The van der Waals surface area contributed by atoms with E-state index in [-0.39, 0.29) is 12.2 Å². The van der Waals surface area contributed by atoms with Crippen LogP contribution < -0.4 is 11.1 Å². The highest BCUT2D eigenvalue weighted by Gasteiger charge is 2.33. The van der Waals surface area contributed by atoms with Gasteiger partial charge in [0.2, 0.25) is 5.91 Å². The van der Waals surface area contributed by atoms with E-state index in [2.05, 4.69) is 10.4 Å². The van der Waals surface area contributed by atoms with E-state index in [1.165, 1.54) is 35.3 Å². The molecule has 1 amide bonds. The van der Waals surface area contributed by atoms with Gasteiger partial charge in [0.1, 0.15) is 6.54 Å². The molecule has 0 aliphatic heterocycles. The monoisotopic (exact) mass is 284 g/mol. The Hall–Kier alpha value is -2.51. The summed E-state index contributed by atoms with van der Waals surface area (Å²) < 4.78 is 39.5. The Morgan fingerprint density at radius 3 is 2.65 bits per heavy atom. The number of nitrogen functional groups attached to an aromatic ring is 1. The van der Waals surface area contributed by atoms with Crippen molar-refractivity contribution in [1.82, 2.24) is 9.78 Å². The number of carbonyl (C=O) groups excluding carboxylic acids is 1. The van der Waals surface area contributed by atoms with E-state index in [1.54, 1.807) is 0 Å². The van der Waals surface area contributed by atoms with Crippen molar-refractivity contribution in [3.05, 3.63) is 42.2 Å². The number of carbonyl (C=O) groups is 1. The number of nitrogens with two attached hydrogens (primary N) is 1. The fraction of sp³-hybridized carbons (Fsp3) is 0.167. The van der Waals surface area contributed by atoms with Gasteiger partial charge in [-0.25, -0.2) is 0 Å². The normalized spacial score (nSPS) is 11.3. The lowest BCUT2D eigenvalue weighted by molar-refractivity contribution is -0.137. The number of hydrogen-bond donors (Lipinski definition) is 2. The molecule has 0 aliphatic carbocycles. The molecule has 2 aromatic rings. The van der Waals surface area contributed by atoms with Crippen LogP contribution in [0.5, 0.6) is 0 Å². The number of nitrogens with zero attached hydrogens (tertiary/aromatic N) is 2. The van der Waals surface area contributed by atoms with E-state index in [1.807, 2.05) is 0 Å². The molecule has 0 atom stereocenters. The summed E-state index contributed by atoms with van der Waals surface area (Å²) in [5.74, 6) is -0.621. The highest BCUT2D eigenvalue weighted by atomic mass is 19.4. The van der Waals surface area contributed by atoms with Crippen LogP contribution in [0.2, 0.25) is 0 Å². The highest BCUT2D eigenvalue weighted by Crippen LogP contribution is 2.34. The second-order valence-corrected chi connectivity index (χ2v) is 4.06. The Labute approximate surface area is 112 Å². The maximum Gasteiger partial charge on any atom is 0.418 e. The first-order valence-corrected chi connectivity index (χ1v) is 5.60. The summed E-state index contributed by atoms with van der Waals surface area (Å²) in [4.78, 5) is 11.7. The molecule has 0 saturated carbocycles. The van der Waals surface area contributed by atoms with Gasteiger partial charge in [0.05, 0.1) is 23.1 Å². The first-order valence-electron chi connectivity index (χ1n) is 5.60. The Morgan fingerprint density at radius 1 is 1.35 bits per heavy atom. The van der Waals surface area contributed by atoms with Crippen molar-refractivity contribution in [3.63, 3.8) is 0 Å². The molecular weight excluding hydrogens is 273 g/mol. The maximum absolute atomic E-state index is 12.7. The molecule has 8 heteroatoms. The lowest BCUT2D eigenvalue weighted by Gasteiger charge is -2.13. The molecule has 1 aromatic heterocycles. The van der Waals surface area contributed by atoms with Gasteiger partial charge in [0.15, 0.2) is 0 Å². The van der Waals surface area contributed by atoms with Crippen molar-refractivity contribution in [1.29, 1.82) is 0 Å².